The summed E-state index contributed by atoms with van der Waals surface area (Å²) in [7, 11) is 0. The summed E-state index contributed by atoms with van der Waals surface area (Å²) in [4.78, 5) is 0. The summed E-state index contributed by atoms with van der Waals surface area (Å²) in [6.45, 7) is 3.79. The highest BCUT2D eigenvalue weighted by Crippen LogP contribution is 2.27. The number of nitrogens with one attached hydrogen (secondary N) is 1. The second-order valence-corrected chi connectivity index (χ2v) is 4.79. The van der Waals surface area contributed by atoms with Crippen molar-refractivity contribution in [2.24, 2.45) is 5.84 Å². The van der Waals surface area contributed by atoms with Crippen LogP contribution in [0.15, 0.2) is 30.3 Å². The number of aryl methyl sites for hydroxylation is 2. The van der Waals surface area contributed by atoms with Crippen LogP contribution in [0, 0.1) is 31.3 Å². The number of nitrogens with two attached hydrogens (primary N) is 1. The third-order valence-corrected chi connectivity index (χ3v) is 3.12. The Kier molecular flexibility index (Phi) is 4.11. The number of hydrogen-bond acceptors (Lipinski definition) is 2. The average molecular weight is 280 g/mol. The monoisotopic (exact) mass is 280 g/mol. The van der Waals surface area contributed by atoms with Gasteiger partial charge >= 0.3 is 0 Å². The Balaban J connectivity index is 2.55. The Morgan fingerprint density at radius 1 is 0.950 bits per heavy atom. The summed E-state index contributed by atoms with van der Waals surface area (Å²) >= 11 is 0. The molecule has 0 amide bonds. The van der Waals surface area contributed by atoms with E-state index in [1.54, 1.807) is 0 Å². The summed E-state index contributed by atoms with van der Waals surface area (Å²) in [5.41, 5.74) is 5.06. The standard InChI is InChI=1S/C15H15F3N2/c1-8-5-9(2)7-10(6-8)15(20-19)11-3-4-12(16)14(18)13(11)17/h3-7,15,20H,19H2,1-2H3. The summed E-state index contributed by atoms with van der Waals surface area (Å²) in [5, 5.41) is 0. The number of hydrazine groups is 1. The maximum absolute atomic E-state index is 13.9. The lowest BCUT2D eigenvalue weighted by Crippen LogP contribution is -2.30. The fourth-order valence-corrected chi connectivity index (χ4v) is 2.31. The first-order valence-corrected chi connectivity index (χ1v) is 6.11. The molecule has 0 aliphatic carbocycles. The third-order valence-electron chi connectivity index (χ3n) is 3.12. The van der Waals surface area contributed by atoms with Gasteiger partial charge in [0.25, 0.3) is 0 Å². The molecule has 2 nitrogen and oxygen atoms in total. The quantitative estimate of drug-likeness (QED) is 0.514. The highest BCUT2D eigenvalue weighted by molar-refractivity contribution is 5.37. The zero-order valence-corrected chi connectivity index (χ0v) is 11.2. The molecule has 2 aromatic carbocycles. The van der Waals surface area contributed by atoms with Gasteiger partial charge in [0.05, 0.1) is 6.04 Å². The van der Waals surface area contributed by atoms with Crippen molar-refractivity contribution in [3.8, 4) is 0 Å². The lowest BCUT2D eigenvalue weighted by Gasteiger charge is -2.19. The lowest BCUT2D eigenvalue weighted by molar-refractivity contribution is 0.433. The normalized spacial score (nSPS) is 12.5. The maximum atomic E-state index is 13.9. The first kappa shape index (κ1) is 14.6. The molecule has 1 unspecified atom stereocenters. The minimum Gasteiger partial charge on any atom is -0.271 e. The van der Waals surface area contributed by atoms with Crippen LogP contribution < -0.4 is 11.3 Å². The molecule has 0 aliphatic rings. The smallest absolute Gasteiger partial charge is 0.194 e. The summed E-state index contributed by atoms with van der Waals surface area (Å²) < 4.78 is 40.2. The van der Waals surface area contributed by atoms with Crippen LogP contribution in [0.2, 0.25) is 0 Å². The number of halogens is 3. The second kappa shape index (κ2) is 5.64. The van der Waals surface area contributed by atoms with Crippen molar-refractivity contribution in [3.05, 3.63) is 70.0 Å². The van der Waals surface area contributed by atoms with Crippen molar-refractivity contribution in [3.63, 3.8) is 0 Å². The van der Waals surface area contributed by atoms with Crippen molar-refractivity contribution in [2.75, 3.05) is 0 Å². The van der Waals surface area contributed by atoms with Crippen LogP contribution in [0.3, 0.4) is 0 Å². The molecule has 0 fully saturated rings. The van der Waals surface area contributed by atoms with E-state index in [4.69, 9.17) is 5.84 Å². The molecule has 0 bridgehead atoms. The zero-order chi connectivity index (χ0) is 14.9. The SMILES string of the molecule is Cc1cc(C)cc(C(NN)c2ccc(F)c(F)c2F)c1. The summed E-state index contributed by atoms with van der Waals surface area (Å²) in [6, 6.07) is 6.93. The van der Waals surface area contributed by atoms with Crippen molar-refractivity contribution in [1.29, 1.82) is 0 Å². The van der Waals surface area contributed by atoms with E-state index in [9.17, 15) is 13.2 Å². The Labute approximate surface area is 115 Å². The molecule has 5 heteroatoms. The molecule has 0 aliphatic heterocycles. The van der Waals surface area contributed by atoms with Crippen LogP contribution in [0.5, 0.6) is 0 Å². The van der Waals surface area contributed by atoms with E-state index in [2.05, 4.69) is 5.43 Å². The van der Waals surface area contributed by atoms with Gasteiger partial charge in [-0.15, -0.1) is 0 Å². The highest BCUT2D eigenvalue weighted by atomic mass is 19.2. The Morgan fingerprint density at radius 2 is 1.55 bits per heavy atom. The molecule has 2 aromatic rings. The van der Waals surface area contributed by atoms with Gasteiger partial charge in [0.15, 0.2) is 17.5 Å². The number of benzene rings is 2. The Morgan fingerprint density at radius 3 is 2.10 bits per heavy atom. The van der Waals surface area contributed by atoms with Crippen LogP contribution in [-0.2, 0) is 0 Å². The van der Waals surface area contributed by atoms with Gasteiger partial charge in [-0.1, -0.05) is 35.4 Å². The molecule has 0 heterocycles. The van der Waals surface area contributed by atoms with Gasteiger partial charge in [0.2, 0.25) is 0 Å². The summed E-state index contributed by atoms with van der Waals surface area (Å²) in [5.74, 6) is 1.52. The van der Waals surface area contributed by atoms with Gasteiger partial charge in [-0.05, 0) is 25.5 Å². The Bertz CT molecular complexity index is 621. The minimum atomic E-state index is -1.49. The molecule has 0 saturated heterocycles. The number of rotatable bonds is 3. The van der Waals surface area contributed by atoms with Gasteiger partial charge in [0.1, 0.15) is 0 Å². The largest absolute Gasteiger partial charge is 0.271 e. The molecule has 2 rings (SSSR count). The third kappa shape index (κ3) is 2.69. The van der Waals surface area contributed by atoms with Gasteiger partial charge < -0.3 is 0 Å². The number of hydrogen-bond donors (Lipinski definition) is 2. The first-order chi connectivity index (χ1) is 9.43. The van der Waals surface area contributed by atoms with E-state index in [0.29, 0.717) is 5.56 Å². The topological polar surface area (TPSA) is 38.0 Å². The highest BCUT2D eigenvalue weighted by Gasteiger charge is 2.21. The molecular formula is C15H15F3N2. The summed E-state index contributed by atoms with van der Waals surface area (Å²) in [6.07, 6.45) is 0. The van der Waals surface area contributed by atoms with Crippen LogP contribution in [0.25, 0.3) is 0 Å². The molecule has 106 valence electrons. The van der Waals surface area contributed by atoms with Crippen molar-refractivity contribution >= 4 is 0 Å². The van der Waals surface area contributed by atoms with Gasteiger partial charge in [0, 0.05) is 5.56 Å². The van der Waals surface area contributed by atoms with Gasteiger partial charge in [-0.25, -0.2) is 18.6 Å². The van der Waals surface area contributed by atoms with Crippen molar-refractivity contribution in [1.82, 2.24) is 5.43 Å². The van der Waals surface area contributed by atoms with Gasteiger partial charge in [-0.2, -0.15) is 0 Å². The molecule has 1 atom stereocenters. The second-order valence-electron chi connectivity index (χ2n) is 4.79. The molecular weight excluding hydrogens is 265 g/mol. The Hall–Kier alpha value is -1.85. The van der Waals surface area contributed by atoms with Crippen LogP contribution in [-0.4, -0.2) is 0 Å². The molecule has 3 N–H and O–H groups in total. The fourth-order valence-electron chi connectivity index (χ4n) is 2.31. The van der Waals surface area contributed by atoms with E-state index in [1.807, 2.05) is 32.0 Å². The predicted octanol–water partition coefficient (Wildman–Crippen LogP) is 3.27. The van der Waals surface area contributed by atoms with Gasteiger partial charge in [-0.3, -0.25) is 5.84 Å². The molecule has 0 aromatic heterocycles. The molecule has 0 saturated carbocycles. The zero-order valence-electron chi connectivity index (χ0n) is 11.2. The lowest BCUT2D eigenvalue weighted by atomic mass is 9.95. The van der Waals surface area contributed by atoms with Crippen LogP contribution in [0.4, 0.5) is 13.2 Å². The van der Waals surface area contributed by atoms with E-state index in [0.717, 1.165) is 17.2 Å². The van der Waals surface area contributed by atoms with Crippen molar-refractivity contribution in [2.45, 2.75) is 19.9 Å². The molecule has 20 heavy (non-hydrogen) atoms. The minimum absolute atomic E-state index is 0.0311. The fraction of sp³-hybridized carbons (Fsp3) is 0.200. The molecule has 0 spiro atoms. The maximum Gasteiger partial charge on any atom is 0.194 e. The predicted molar refractivity (Wildman–Crippen MR) is 71.4 cm³/mol. The van der Waals surface area contributed by atoms with Crippen molar-refractivity contribution < 1.29 is 13.2 Å². The van der Waals surface area contributed by atoms with Crippen LogP contribution >= 0.6 is 0 Å². The van der Waals surface area contributed by atoms with E-state index < -0.39 is 23.5 Å². The first-order valence-electron chi connectivity index (χ1n) is 6.11. The average Bonchev–Trinajstić information content (AvgIpc) is 2.38. The molecule has 0 radical (unpaired) electrons. The van der Waals surface area contributed by atoms with E-state index >= 15 is 0 Å². The van der Waals surface area contributed by atoms with E-state index in [1.165, 1.54) is 6.07 Å². The van der Waals surface area contributed by atoms with Crippen LogP contribution in [0.1, 0.15) is 28.3 Å². The van der Waals surface area contributed by atoms with E-state index in [-0.39, 0.29) is 5.56 Å².